The molecular weight excluding hydrogens is 255 g/mol. The lowest BCUT2D eigenvalue weighted by Crippen LogP contribution is -2.32. The number of nitriles is 1. The van der Waals surface area contributed by atoms with Crippen molar-refractivity contribution in [2.75, 3.05) is 5.32 Å². The van der Waals surface area contributed by atoms with E-state index in [4.69, 9.17) is 5.26 Å². The zero-order valence-corrected chi connectivity index (χ0v) is 10.5. The SMILES string of the molecule is CC1(Nc2nc(C(F)(F)F)ccc2C#N)CCCC1. The van der Waals surface area contributed by atoms with E-state index in [9.17, 15) is 13.2 Å². The molecule has 0 spiro atoms. The average molecular weight is 269 g/mol. The lowest BCUT2D eigenvalue weighted by atomic mass is 10.0. The fraction of sp³-hybridized carbons (Fsp3) is 0.538. The topological polar surface area (TPSA) is 48.7 Å². The van der Waals surface area contributed by atoms with Crippen LogP contribution in [-0.4, -0.2) is 10.5 Å². The summed E-state index contributed by atoms with van der Waals surface area (Å²) in [5, 5.41) is 12.0. The summed E-state index contributed by atoms with van der Waals surface area (Å²) in [6, 6.07) is 3.87. The monoisotopic (exact) mass is 269 g/mol. The smallest absolute Gasteiger partial charge is 0.364 e. The quantitative estimate of drug-likeness (QED) is 0.890. The molecule has 3 nitrogen and oxygen atoms in total. The predicted molar refractivity (Wildman–Crippen MR) is 64.4 cm³/mol. The van der Waals surface area contributed by atoms with Crippen molar-refractivity contribution in [2.24, 2.45) is 0 Å². The molecule has 0 bridgehead atoms. The highest BCUT2D eigenvalue weighted by molar-refractivity contribution is 5.54. The van der Waals surface area contributed by atoms with Crippen LogP contribution in [0.1, 0.15) is 43.9 Å². The maximum atomic E-state index is 12.6. The molecule has 1 aromatic rings. The molecule has 1 aromatic heterocycles. The van der Waals surface area contributed by atoms with Crippen LogP contribution >= 0.6 is 0 Å². The summed E-state index contributed by atoms with van der Waals surface area (Å²) in [6.07, 6.45) is -0.693. The number of hydrogen-bond donors (Lipinski definition) is 1. The van der Waals surface area contributed by atoms with Gasteiger partial charge >= 0.3 is 6.18 Å². The third-order valence-electron chi connectivity index (χ3n) is 3.43. The van der Waals surface area contributed by atoms with Crippen LogP contribution in [0.3, 0.4) is 0 Å². The Bertz CT molecular complexity index is 511. The van der Waals surface area contributed by atoms with Gasteiger partial charge in [0.1, 0.15) is 17.6 Å². The third kappa shape index (κ3) is 2.98. The Morgan fingerprint density at radius 3 is 2.47 bits per heavy atom. The number of aromatic nitrogens is 1. The summed E-state index contributed by atoms with van der Waals surface area (Å²) in [7, 11) is 0. The van der Waals surface area contributed by atoms with Crippen molar-refractivity contribution in [3.05, 3.63) is 23.4 Å². The summed E-state index contributed by atoms with van der Waals surface area (Å²) >= 11 is 0. The van der Waals surface area contributed by atoms with Crippen molar-refractivity contribution in [3.8, 4) is 6.07 Å². The highest BCUT2D eigenvalue weighted by Crippen LogP contribution is 2.34. The van der Waals surface area contributed by atoms with Crippen LogP contribution in [0, 0.1) is 11.3 Å². The molecule has 1 aliphatic rings. The Balaban J connectivity index is 2.34. The molecule has 6 heteroatoms. The van der Waals surface area contributed by atoms with E-state index in [2.05, 4.69) is 10.3 Å². The molecule has 1 fully saturated rings. The molecule has 1 N–H and O–H groups in total. The minimum Gasteiger partial charge on any atom is -0.364 e. The first kappa shape index (κ1) is 13.7. The molecular formula is C13H14F3N3. The number of halogens is 3. The molecule has 2 rings (SSSR count). The molecule has 0 radical (unpaired) electrons. The standard InChI is InChI=1S/C13H14F3N3/c1-12(6-2-3-7-12)19-11-9(8-17)4-5-10(18-11)13(14,15)16/h4-5H,2-3,6-7H2,1H3,(H,18,19). The van der Waals surface area contributed by atoms with Gasteiger partial charge in [-0.05, 0) is 31.9 Å². The second-order valence-electron chi connectivity index (χ2n) is 5.09. The van der Waals surface area contributed by atoms with Crippen LogP contribution in [0.2, 0.25) is 0 Å². The number of hydrogen-bond acceptors (Lipinski definition) is 3. The lowest BCUT2D eigenvalue weighted by molar-refractivity contribution is -0.141. The number of nitrogens with one attached hydrogen (secondary N) is 1. The van der Waals surface area contributed by atoms with Gasteiger partial charge < -0.3 is 5.32 Å². The lowest BCUT2D eigenvalue weighted by Gasteiger charge is -2.26. The first-order valence-corrected chi connectivity index (χ1v) is 6.11. The second-order valence-corrected chi connectivity index (χ2v) is 5.09. The zero-order chi connectivity index (χ0) is 14.1. The largest absolute Gasteiger partial charge is 0.433 e. The van der Waals surface area contributed by atoms with E-state index in [1.165, 1.54) is 0 Å². The molecule has 0 aliphatic heterocycles. The number of rotatable bonds is 2. The zero-order valence-electron chi connectivity index (χ0n) is 10.5. The van der Waals surface area contributed by atoms with Crippen molar-refractivity contribution in [3.63, 3.8) is 0 Å². The minimum atomic E-state index is -4.50. The maximum absolute atomic E-state index is 12.6. The molecule has 1 heterocycles. The van der Waals surface area contributed by atoms with Gasteiger partial charge in [0.05, 0.1) is 5.56 Å². The Morgan fingerprint density at radius 2 is 1.95 bits per heavy atom. The Hall–Kier alpha value is -1.77. The molecule has 1 saturated carbocycles. The highest BCUT2D eigenvalue weighted by atomic mass is 19.4. The Kier molecular flexibility index (Phi) is 3.40. The first-order valence-electron chi connectivity index (χ1n) is 6.11. The van der Waals surface area contributed by atoms with E-state index in [0.29, 0.717) is 0 Å². The van der Waals surface area contributed by atoms with E-state index in [1.54, 1.807) is 0 Å². The minimum absolute atomic E-state index is 0.0294. The van der Waals surface area contributed by atoms with Gasteiger partial charge in [-0.25, -0.2) is 4.98 Å². The average Bonchev–Trinajstić information content (AvgIpc) is 2.74. The van der Waals surface area contributed by atoms with Gasteiger partial charge in [0.2, 0.25) is 0 Å². The summed E-state index contributed by atoms with van der Waals surface area (Å²) in [4.78, 5) is 3.56. The van der Waals surface area contributed by atoms with E-state index < -0.39 is 11.9 Å². The van der Waals surface area contributed by atoms with Crippen molar-refractivity contribution in [1.82, 2.24) is 4.98 Å². The normalized spacial score (nSPS) is 18.1. The van der Waals surface area contributed by atoms with Crippen molar-refractivity contribution in [1.29, 1.82) is 5.26 Å². The van der Waals surface area contributed by atoms with E-state index in [0.717, 1.165) is 37.8 Å². The molecule has 0 saturated heterocycles. The van der Waals surface area contributed by atoms with E-state index in [-0.39, 0.29) is 16.9 Å². The van der Waals surface area contributed by atoms with E-state index in [1.807, 2.05) is 13.0 Å². The number of pyridine rings is 1. The third-order valence-corrected chi connectivity index (χ3v) is 3.43. The van der Waals surface area contributed by atoms with E-state index >= 15 is 0 Å². The highest BCUT2D eigenvalue weighted by Gasteiger charge is 2.34. The molecule has 0 amide bonds. The molecule has 0 aromatic carbocycles. The van der Waals surface area contributed by atoms with Crippen LogP contribution in [-0.2, 0) is 6.18 Å². The van der Waals surface area contributed by atoms with Crippen molar-refractivity contribution >= 4 is 5.82 Å². The van der Waals surface area contributed by atoms with Gasteiger partial charge in [0, 0.05) is 5.54 Å². The number of anilines is 1. The van der Waals surface area contributed by atoms with Crippen LogP contribution < -0.4 is 5.32 Å². The fourth-order valence-electron chi connectivity index (χ4n) is 2.37. The van der Waals surface area contributed by atoms with Crippen LogP contribution in [0.25, 0.3) is 0 Å². The Morgan fingerprint density at radius 1 is 1.32 bits per heavy atom. The molecule has 1 aliphatic carbocycles. The summed E-state index contributed by atoms with van der Waals surface area (Å²) < 4.78 is 37.9. The fourth-order valence-corrected chi connectivity index (χ4v) is 2.37. The van der Waals surface area contributed by atoms with Gasteiger partial charge in [0.25, 0.3) is 0 Å². The van der Waals surface area contributed by atoms with Gasteiger partial charge in [0.15, 0.2) is 0 Å². The molecule has 102 valence electrons. The van der Waals surface area contributed by atoms with Gasteiger partial charge in [-0.1, -0.05) is 12.8 Å². The van der Waals surface area contributed by atoms with Gasteiger partial charge in [-0.2, -0.15) is 18.4 Å². The molecule has 19 heavy (non-hydrogen) atoms. The summed E-state index contributed by atoms with van der Waals surface area (Å²) in [5.41, 5.74) is -1.11. The summed E-state index contributed by atoms with van der Waals surface area (Å²) in [6.45, 7) is 1.95. The van der Waals surface area contributed by atoms with Gasteiger partial charge in [-0.3, -0.25) is 0 Å². The van der Waals surface area contributed by atoms with Crippen LogP contribution in [0.5, 0.6) is 0 Å². The van der Waals surface area contributed by atoms with Crippen molar-refractivity contribution < 1.29 is 13.2 Å². The number of nitrogens with zero attached hydrogens (tertiary/aromatic N) is 2. The van der Waals surface area contributed by atoms with Gasteiger partial charge in [-0.15, -0.1) is 0 Å². The number of alkyl halides is 3. The predicted octanol–water partition coefficient (Wildman–Crippen LogP) is 3.72. The van der Waals surface area contributed by atoms with Crippen molar-refractivity contribution in [2.45, 2.75) is 44.3 Å². The van der Waals surface area contributed by atoms with Crippen LogP contribution in [0.15, 0.2) is 12.1 Å². The molecule has 0 unspecified atom stereocenters. The Labute approximate surface area is 109 Å². The first-order chi connectivity index (χ1) is 8.84. The maximum Gasteiger partial charge on any atom is 0.433 e. The van der Waals surface area contributed by atoms with Crippen LogP contribution in [0.4, 0.5) is 19.0 Å². The second kappa shape index (κ2) is 4.72. The summed E-state index contributed by atoms with van der Waals surface area (Å²) in [5.74, 6) is 0.0294. The molecule has 0 atom stereocenters.